The quantitative estimate of drug-likeness (QED) is 0.596. The maximum Gasteiger partial charge on any atom is 0.341 e. The fourth-order valence-electron chi connectivity index (χ4n) is 0.990. The number of carbonyl (C=O) groups is 2. The molecule has 0 radical (unpaired) electrons. The molecule has 0 aliphatic heterocycles. The predicted molar refractivity (Wildman–Crippen MR) is 56.1 cm³/mol. The Hall–Kier alpha value is -1.62. The molecule has 6 heteroatoms. The van der Waals surface area contributed by atoms with Crippen LogP contribution in [0.4, 0.5) is 0 Å². The number of esters is 2. The second-order valence-corrected chi connectivity index (χ2v) is 3.27. The van der Waals surface area contributed by atoms with Crippen molar-refractivity contribution < 1.29 is 19.1 Å². The van der Waals surface area contributed by atoms with Crippen molar-refractivity contribution in [2.45, 2.75) is 13.5 Å². The average molecular weight is 244 g/mol. The van der Waals surface area contributed by atoms with Gasteiger partial charge in [0, 0.05) is 6.92 Å². The minimum atomic E-state index is -0.559. The molecular formula is C10H10ClNO4. The van der Waals surface area contributed by atoms with Gasteiger partial charge in [0.25, 0.3) is 0 Å². The maximum atomic E-state index is 11.2. The molecule has 0 unspecified atom stereocenters. The van der Waals surface area contributed by atoms with Crippen LogP contribution in [0, 0.1) is 0 Å². The predicted octanol–water partition coefficient (Wildman–Crippen LogP) is 1.58. The van der Waals surface area contributed by atoms with E-state index in [9.17, 15) is 9.59 Å². The number of rotatable bonds is 3. The molecule has 1 rings (SSSR count). The van der Waals surface area contributed by atoms with Gasteiger partial charge in [0.05, 0.1) is 18.4 Å². The van der Waals surface area contributed by atoms with Crippen LogP contribution in [0.1, 0.15) is 23.0 Å². The van der Waals surface area contributed by atoms with E-state index in [2.05, 4.69) is 9.72 Å². The first kappa shape index (κ1) is 12.4. The first-order valence-electron chi connectivity index (χ1n) is 4.41. The topological polar surface area (TPSA) is 65.5 Å². The molecule has 0 aliphatic carbocycles. The molecule has 86 valence electrons. The molecule has 0 N–H and O–H groups in total. The molecule has 5 nitrogen and oxygen atoms in total. The Labute approximate surface area is 97.3 Å². The van der Waals surface area contributed by atoms with E-state index in [1.54, 1.807) is 6.07 Å². The molecule has 1 aromatic heterocycles. The van der Waals surface area contributed by atoms with Crippen LogP contribution in [0.25, 0.3) is 0 Å². The zero-order chi connectivity index (χ0) is 12.1. The highest BCUT2D eigenvalue weighted by molar-refractivity contribution is 6.32. The summed E-state index contributed by atoms with van der Waals surface area (Å²) in [5, 5.41) is 0.0245. The summed E-state index contributed by atoms with van der Waals surface area (Å²) in [6.45, 7) is 1.32. The molecule has 0 amide bonds. The van der Waals surface area contributed by atoms with Gasteiger partial charge in [-0.2, -0.15) is 0 Å². The molecule has 0 bridgehead atoms. The van der Waals surface area contributed by atoms with Gasteiger partial charge in [-0.3, -0.25) is 4.79 Å². The Kier molecular flexibility index (Phi) is 4.25. The number of hydrogen-bond donors (Lipinski definition) is 0. The van der Waals surface area contributed by atoms with Crippen LogP contribution in [-0.4, -0.2) is 24.0 Å². The van der Waals surface area contributed by atoms with Crippen LogP contribution in [-0.2, 0) is 20.9 Å². The highest BCUT2D eigenvalue weighted by Gasteiger charge is 2.12. The molecule has 0 saturated carbocycles. The fourth-order valence-corrected chi connectivity index (χ4v) is 1.24. The van der Waals surface area contributed by atoms with Crippen molar-refractivity contribution in [3.05, 3.63) is 28.5 Å². The molecule has 1 aromatic rings. The molecule has 16 heavy (non-hydrogen) atoms. The van der Waals surface area contributed by atoms with Crippen LogP contribution in [0.2, 0.25) is 5.15 Å². The third kappa shape index (κ3) is 3.20. The van der Waals surface area contributed by atoms with E-state index in [1.165, 1.54) is 20.1 Å². The fraction of sp³-hybridized carbons (Fsp3) is 0.300. The van der Waals surface area contributed by atoms with E-state index < -0.39 is 11.9 Å². The average Bonchev–Trinajstić information content (AvgIpc) is 2.25. The third-order valence-corrected chi connectivity index (χ3v) is 2.02. The number of methoxy groups -OCH3 is 1. The maximum absolute atomic E-state index is 11.2. The van der Waals surface area contributed by atoms with Gasteiger partial charge in [-0.05, 0) is 12.1 Å². The van der Waals surface area contributed by atoms with Crippen molar-refractivity contribution in [3.8, 4) is 0 Å². The largest absolute Gasteiger partial charge is 0.465 e. The number of pyridine rings is 1. The van der Waals surface area contributed by atoms with E-state index in [4.69, 9.17) is 16.3 Å². The van der Waals surface area contributed by atoms with Gasteiger partial charge in [-0.1, -0.05) is 11.6 Å². The molecule has 0 atom stereocenters. The van der Waals surface area contributed by atoms with Gasteiger partial charge in [0.2, 0.25) is 0 Å². The Bertz CT molecular complexity index is 419. The Morgan fingerprint density at radius 3 is 2.62 bits per heavy atom. The number of nitrogens with zero attached hydrogens (tertiary/aromatic N) is 1. The highest BCUT2D eigenvalue weighted by atomic mass is 35.5. The number of carbonyl (C=O) groups excluding carboxylic acids is 2. The SMILES string of the molecule is COC(=O)c1ccc(COC(C)=O)nc1Cl. The van der Waals surface area contributed by atoms with Gasteiger partial charge < -0.3 is 9.47 Å². The lowest BCUT2D eigenvalue weighted by Gasteiger charge is -2.04. The van der Waals surface area contributed by atoms with Crippen molar-refractivity contribution in [1.29, 1.82) is 0 Å². The first-order valence-corrected chi connectivity index (χ1v) is 4.79. The number of hydrogen-bond acceptors (Lipinski definition) is 5. The van der Waals surface area contributed by atoms with Gasteiger partial charge >= 0.3 is 11.9 Å². The minimum Gasteiger partial charge on any atom is -0.465 e. The van der Waals surface area contributed by atoms with Crippen molar-refractivity contribution in [2.75, 3.05) is 7.11 Å². The van der Waals surface area contributed by atoms with Gasteiger partial charge in [-0.25, -0.2) is 9.78 Å². The summed E-state index contributed by atoms with van der Waals surface area (Å²) in [5.74, 6) is -0.966. The van der Waals surface area contributed by atoms with E-state index in [1.807, 2.05) is 0 Å². The van der Waals surface area contributed by atoms with Crippen molar-refractivity contribution in [1.82, 2.24) is 4.98 Å². The van der Waals surface area contributed by atoms with Gasteiger partial charge in [0.15, 0.2) is 0 Å². The van der Waals surface area contributed by atoms with Crippen LogP contribution < -0.4 is 0 Å². The number of aromatic nitrogens is 1. The number of ether oxygens (including phenoxy) is 2. The summed E-state index contributed by atoms with van der Waals surface area (Å²) < 4.78 is 9.24. The van der Waals surface area contributed by atoms with E-state index in [0.717, 1.165) is 0 Å². The zero-order valence-corrected chi connectivity index (χ0v) is 9.58. The second kappa shape index (κ2) is 5.46. The van der Waals surface area contributed by atoms with Crippen LogP contribution >= 0.6 is 11.6 Å². The van der Waals surface area contributed by atoms with Crippen LogP contribution in [0.5, 0.6) is 0 Å². The second-order valence-electron chi connectivity index (χ2n) is 2.91. The van der Waals surface area contributed by atoms with Gasteiger partial charge in [-0.15, -0.1) is 0 Å². The molecule has 0 fully saturated rings. The van der Waals surface area contributed by atoms with Crippen molar-refractivity contribution in [3.63, 3.8) is 0 Å². The summed E-state index contributed by atoms with van der Waals surface area (Å²) in [7, 11) is 1.26. The summed E-state index contributed by atoms with van der Waals surface area (Å²) in [4.78, 5) is 25.6. The van der Waals surface area contributed by atoms with E-state index in [0.29, 0.717) is 5.69 Å². The molecule has 0 aromatic carbocycles. The standard InChI is InChI=1S/C10H10ClNO4/c1-6(13)16-5-7-3-4-8(9(11)12-7)10(14)15-2/h3-4H,5H2,1-2H3. The van der Waals surface area contributed by atoms with Crippen LogP contribution in [0.15, 0.2) is 12.1 Å². The van der Waals surface area contributed by atoms with Crippen molar-refractivity contribution >= 4 is 23.5 Å². The normalized spacial score (nSPS) is 9.69. The Morgan fingerprint density at radius 1 is 1.44 bits per heavy atom. The summed E-state index contributed by atoms with van der Waals surface area (Å²) in [5.41, 5.74) is 0.642. The monoisotopic (exact) mass is 243 g/mol. The summed E-state index contributed by atoms with van der Waals surface area (Å²) in [6, 6.07) is 3.01. The molecule has 0 aliphatic rings. The van der Waals surface area contributed by atoms with Crippen LogP contribution in [0.3, 0.4) is 0 Å². The van der Waals surface area contributed by atoms with E-state index >= 15 is 0 Å². The summed E-state index contributed by atoms with van der Waals surface area (Å²) >= 11 is 5.77. The van der Waals surface area contributed by atoms with Crippen molar-refractivity contribution in [2.24, 2.45) is 0 Å². The third-order valence-electron chi connectivity index (χ3n) is 1.74. The first-order chi connectivity index (χ1) is 7.54. The molecular weight excluding hydrogens is 234 g/mol. The Morgan fingerprint density at radius 2 is 2.12 bits per heavy atom. The lowest BCUT2D eigenvalue weighted by molar-refractivity contribution is -0.142. The minimum absolute atomic E-state index is 0.0243. The molecule has 1 heterocycles. The number of halogens is 1. The summed E-state index contributed by atoms with van der Waals surface area (Å²) in [6.07, 6.45) is 0. The highest BCUT2D eigenvalue weighted by Crippen LogP contribution is 2.15. The lowest BCUT2D eigenvalue weighted by Crippen LogP contribution is -2.06. The molecule has 0 saturated heterocycles. The molecule has 0 spiro atoms. The van der Waals surface area contributed by atoms with Gasteiger partial charge in [0.1, 0.15) is 11.8 Å². The van der Waals surface area contributed by atoms with E-state index in [-0.39, 0.29) is 17.3 Å². The zero-order valence-electron chi connectivity index (χ0n) is 8.82. The Balaban J connectivity index is 2.82. The lowest BCUT2D eigenvalue weighted by atomic mass is 10.2. The smallest absolute Gasteiger partial charge is 0.341 e.